The minimum atomic E-state index is -0.948. The lowest BCUT2D eigenvalue weighted by Crippen LogP contribution is -2.39. The second-order valence-corrected chi connectivity index (χ2v) is 10.2. The molecule has 0 saturated heterocycles. The molecule has 11 nitrogen and oxygen atoms in total. The van der Waals surface area contributed by atoms with Crippen LogP contribution in [0.1, 0.15) is 57.9 Å². The van der Waals surface area contributed by atoms with Crippen molar-refractivity contribution in [2.75, 3.05) is 18.4 Å². The highest BCUT2D eigenvalue weighted by atomic mass is 19.1. The van der Waals surface area contributed by atoms with Crippen LogP contribution in [0, 0.1) is 11.8 Å². The summed E-state index contributed by atoms with van der Waals surface area (Å²) >= 11 is 0. The molecule has 1 aromatic carbocycles. The minimum absolute atomic E-state index is 0.141. The summed E-state index contributed by atoms with van der Waals surface area (Å²) < 4.78 is 15.5. The van der Waals surface area contributed by atoms with Crippen LogP contribution in [-0.4, -0.2) is 58.8 Å². The summed E-state index contributed by atoms with van der Waals surface area (Å²) in [5.74, 6) is -3.35. The summed E-state index contributed by atoms with van der Waals surface area (Å²) in [7, 11) is 0. The predicted octanol–water partition coefficient (Wildman–Crippen LogP) is 2.66. The molecule has 2 atom stereocenters. The van der Waals surface area contributed by atoms with Gasteiger partial charge in [-0.25, -0.2) is 9.18 Å². The Kier molecular flexibility index (Phi) is 13.7. The SMILES string of the molecule is CC(C)C(NC(=O)CCCCCN1C(=O)C=CC1=O)C(F)=CC(CCCNC(N)=O)C(=O)Nc1ccc(CO)cc1. The molecule has 1 aliphatic rings. The number of halogens is 1. The fourth-order valence-electron chi connectivity index (χ4n) is 4.23. The van der Waals surface area contributed by atoms with Gasteiger partial charge in [0.15, 0.2) is 0 Å². The molecule has 0 saturated carbocycles. The Morgan fingerprint density at radius 2 is 1.68 bits per heavy atom. The molecule has 12 heteroatoms. The number of rotatable bonds is 17. The van der Waals surface area contributed by atoms with Gasteiger partial charge in [0, 0.05) is 37.3 Å². The number of nitrogens with two attached hydrogens (primary N) is 1. The summed E-state index contributed by atoms with van der Waals surface area (Å²) in [4.78, 5) is 61.0. The summed E-state index contributed by atoms with van der Waals surface area (Å²) in [6.07, 6.45) is 6.03. The van der Waals surface area contributed by atoms with Crippen molar-refractivity contribution in [3.05, 3.63) is 53.9 Å². The Hall–Kier alpha value is -4.06. The van der Waals surface area contributed by atoms with Crippen LogP contribution in [0.5, 0.6) is 0 Å². The van der Waals surface area contributed by atoms with Crippen molar-refractivity contribution in [1.82, 2.24) is 15.5 Å². The van der Waals surface area contributed by atoms with Crippen molar-refractivity contribution < 1.29 is 33.5 Å². The Morgan fingerprint density at radius 3 is 2.27 bits per heavy atom. The maximum Gasteiger partial charge on any atom is 0.312 e. The summed E-state index contributed by atoms with van der Waals surface area (Å²) in [5.41, 5.74) is 6.25. The number of aliphatic hydroxyl groups is 1. The largest absolute Gasteiger partial charge is 0.392 e. The first kappa shape index (κ1) is 33.1. The molecule has 1 heterocycles. The maximum absolute atomic E-state index is 15.5. The number of nitrogens with one attached hydrogen (secondary N) is 3. The normalized spacial score (nSPS) is 14.8. The first-order chi connectivity index (χ1) is 19.5. The van der Waals surface area contributed by atoms with Gasteiger partial charge >= 0.3 is 6.03 Å². The van der Waals surface area contributed by atoms with Crippen molar-refractivity contribution in [3.63, 3.8) is 0 Å². The predicted molar refractivity (Wildman–Crippen MR) is 152 cm³/mol. The van der Waals surface area contributed by atoms with Gasteiger partial charge in [0.25, 0.3) is 11.8 Å². The van der Waals surface area contributed by atoms with Gasteiger partial charge in [-0.05, 0) is 55.4 Å². The van der Waals surface area contributed by atoms with Crippen LogP contribution >= 0.6 is 0 Å². The van der Waals surface area contributed by atoms with Crippen LogP contribution in [0.25, 0.3) is 0 Å². The van der Waals surface area contributed by atoms with Crippen molar-refractivity contribution in [3.8, 4) is 0 Å². The molecular weight excluding hydrogens is 533 g/mol. The smallest absolute Gasteiger partial charge is 0.312 e. The number of amides is 6. The standard InChI is InChI=1S/C29H40FN5O6/c1-19(2)27(34-24(37)8-4-3-5-16-35-25(38)13-14-26(35)39)23(30)17-21(7-6-15-32-29(31)41)28(40)33-22-11-9-20(18-36)10-12-22/h9-14,17,19,21,27,36H,3-8,15-16,18H2,1-2H3,(H,33,40)(H,34,37)(H3,31,32,41). The molecule has 0 aliphatic carbocycles. The molecule has 0 aromatic heterocycles. The molecule has 1 aliphatic heterocycles. The molecule has 6 N–H and O–H groups in total. The highest BCUT2D eigenvalue weighted by Gasteiger charge is 2.25. The van der Waals surface area contributed by atoms with Crippen LogP contribution in [0.3, 0.4) is 0 Å². The molecule has 6 amide bonds. The second kappa shape index (κ2) is 16.9. The number of hydrogen-bond donors (Lipinski definition) is 5. The van der Waals surface area contributed by atoms with E-state index in [9.17, 15) is 29.1 Å². The van der Waals surface area contributed by atoms with Crippen LogP contribution in [-0.2, 0) is 25.8 Å². The van der Waals surface area contributed by atoms with Gasteiger partial charge in [-0.3, -0.25) is 24.1 Å². The van der Waals surface area contributed by atoms with E-state index in [4.69, 9.17) is 5.73 Å². The van der Waals surface area contributed by atoms with E-state index >= 15 is 4.39 Å². The van der Waals surface area contributed by atoms with Gasteiger partial charge in [-0.15, -0.1) is 0 Å². The van der Waals surface area contributed by atoms with E-state index < -0.39 is 29.7 Å². The summed E-state index contributed by atoms with van der Waals surface area (Å²) in [5, 5.41) is 17.1. The molecule has 41 heavy (non-hydrogen) atoms. The minimum Gasteiger partial charge on any atom is -0.392 e. The Bertz CT molecular complexity index is 1120. The third kappa shape index (κ3) is 11.5. The number of imide groups is 1. The van der Waals surface area contributed by atoms with E-state index in [1.807, 2.05) is 0 Å². The quantitative estimate of drug-likeness (QED) is 0.142. The summed E-state index contributed by atoms with van der Waals surface area (Å²) in [6, 6.07) is 4.93. The number of aliphatic hydroxyl groups excluding tert-OH is 1. The first-order valence-corrected chi connectivity index (χ1v) is 13.8. The number of urea groups is 1. The van der Waals surface area contributed by atoms with E-state index in [-0.39, 0.29) is 56.2 Å². The number of unbranched alkanes of at least 4 members (excludes halogenated alkanes) is 2. The average molecular weight is 574 g/mol. The van der Waals surface area contributed by atoms with Gasteiger partial charge in [0.05, 0.1) is 18.6 Å². The number of carbonyl (C=O) groups is 5. The topological polar surface area (TPSA) is 171 Å². The van der Waals surface area contributed by atoms with E-state index in [1.165, 1.54) is 18.2 Å². The summed E-state index contributed by atoms with van der Waals surface area (Å²) in [6.45, 7) is 3.86. The van der Waals surface area contributed by atoms with E-state index in [0.717, 1.165) is 4.90 Å². The van der Waals surface area contributed by atoms with Crippen molar-refractivity contribution in [1.29, 1.82) is 0 Å². The van der Waals surface area contributed by atoms with Crippen LogP contribution in [0.2, 0.25) is 0 Å². The molecule has 0 fully saturated rings. The zero-order chi connectivity index (χ0) is 30.4. The third-order valence-electron chi connectivity index (χ3n) is 6.56. The number of benzene rings is 1. The molecule has 0 radical (unpaired) electrons. The van der Waals surface area contributed by atoms with Gasteiger partial charge in [0.2, 0.25) is 11.8 Å². The lowest BCUT2D eigenvalue weighted by atomic mass is 9.96. The number of anilines is 1. The highest BCUT2D eigenvalue weighted by Crippen LogP contribution is 2.21. The fourth-order valence-corrected chi connectivity index (χ4v) is 4.23. The monoisotopic (exact) mass is 573 g/mol. The van der Waals surface area contributed by atoms with Gasteiger partial charge in [0.1, 0.15) is 5.83 Å². The Balaban J connectivity index is 1.98. The van der Waals surface area contributed by atoms with Crippen LogP contribution < -0.4 is 21.7 Å². The number of carbonyl (C=O) groups excluding carboxylic acids is 5. The van der Waals surface area contributed by atoms with Crippen molar-refractivity contribution in [2.24, 2.45) is 17.6 Å². The molecule has 2 rings (SSSR count). The second-order valence-electron chi connectivity index (χ2n) is 10.2. The molecular formula is C29H40FN5O6. The van der Waals surface area contributed by atoms with Crippen molar-refractivity contribution in [2.45, 2.75) is 65.0 Å². The molecule has 0 spiro atoms. The fraction of sp³-hybridized carbons (Fsp3) is 0.483. The van der Waals surface area contributed by atoms with E-state index in [0.29, 0.717) is 36.9 Å². The molecule has 2 unspecified atom stereocenters. The molecule has 0 bridgehead atoms. The van der Waals surface area contributed by atoms with Gasteiger partial charge in [-0.1, -0.05) is 32.4 Å². The Labute approximate surface area is 239 Å². The third-order valence-corrected chi connectivity index (χ3v) is 6.56. The number of hydrogen-bond acceptors (Lipinski definition) is 6. The van der Waals surface area contributed by atoms with Gasteiger partial charge < -0.3 is 26.8 Å². The van der Waals surface area contributed by atoms with Crippen LogP contribution in [0.15, 0.2) is 48.3 Å². The van der Waals surface area contributed by atoms with E-state index in [1.54, 1.807) is 38.1 Å². The van der Waals surface area contributed by atoms with Gasteiger partial charge in [-0.2, -0.15) is 0 Å². The van der Waals surface area contributed by atoms with Crippen molar-refractivity contribution >= 4 is 35.3 Å². The molecule has 224 valence electrons. The van der Waals surface area contributed by atoms with E-state index in [2.05, 4.69) is 16.0 Å². The maximum atomic E-state index is 15.5. The number of nitrogens with zero attached hydrogens (tertiary/aromatic N) is 1. The number of primary amides is 1. The zero-order valence-corrected chi connectivity index (χ0v) is 23.5. The first-order valence-electron chi connectivity index (χ1n) is 13.8. The average Bonchev–Trinajstić information content (AvgIpc) is 3.25. The Morgan fingerprint density at radius 1 is 1.02 bits per heavy atom. The van der Waals surface area contributed by atoms with Crippen LogP contribution in [0.4, 0.5) is 14.9 Å². The molecule has 1 aromatic rings. The zero-order valence-electron chi connectivity index (χ0n) is 23.5. The lowest BCUT2D eigenvalue weighted by Gasteiger charge is -2.22. The lowest BCUT2D eigenvalue weighted by molar-refractivity contribution is -0.137. The highest BCUT2D eigenvalue weighted by molar-refractivity contribution is 6.12.